The number of urea groups is 1. The van der Waals surface area contributed by atoms with Gasteiger partial charge >= 0.3 is 12.0 Å². The fourth-order valence-corrected chi connectivity index (χ4v) is 2.64. The first-order valence-corrected chi connectivity index (χ1v) is 6.68. The maximum absolute atomic E-state index is 11.7. The van der Waals surface area contributed by atoms with Gasteiger partial charge in [0.2, 0.25) is 0 Å². The Labute approximate surface area is 112 Å². The summed E-state index contributed by atoms with van der Waals surface area (Å²) in [6.45, 7) is 2.22. The van der Waals surface area contributed by atoms with Crippen molar-refractivity contribution in [2.24, 2.45) is 0 Å². The van der Waals surface area contributed by atoms with Gasteiger partial charge in [0, 0.05) is 15.9 Å². The maximum atomic E-state index is 11.7. The number of hydrogen-bond donors (Lipinski definition) is 2. The normalized spacial score (nSPS) is 10.0. The monoisotopic (exact) mass is 320 g/mol. The van der Waals surface area contributed by atoms with Crippen LogP contribution in [0.5, 0.6) is 0 Å². The van der Waals surface area contributed by atoms with E-state index < -0.39 is 5.97 Å². The molecule has 0 radical (unpaired) electrons. The summed E-state index contributed by atoms with van der Waals surface area (Å²) >= 11 is 4.89. The highest BCUT2D eigenvalue weighted by Crippen LogP contribution is 2.22. The molecule has 1 aromatic heterocycles. The molecule has 0 saturated carbocycles. The zero-order valence-corrected chi connectivity index (χ0v) is 11.7. The van der Waals surface area contributed by atoms with Crippen molar-refractivity contribution in [1.29, 1.82) is 0 Å². The number of likely N-dealkylation sites (N-methyl/N-ethyl adjacent to an activating group) is 1. The lowest BCUT2D eigenvalue weighted by Crippen LogP contribution is -2.42. The van der Waals surface area contributed by atoms with Gasteiger partial charge in [-0.2, -0.15) is 0 Å². The van der Waals surface area contributed by atoms with Gasteiger partial charge in [-0.25, -0.2) is 4.79 Å². The number of nitrogens with zero attached hydrogens (tertiary/aromatic N) is 1. The Morgan fingerprint density at radius 1 is 1.59 bits per heavy atom. The molecule has 1 rings (SSSR count). The number of aliphatic carboxylic acids is 1. The van der Waals surface area contributed by atoms with Crippen molar-refractivity contribution < 1.29 is 14.7 Å². The molecular weight excluding hydrogens is 308 g/mol. The van der Waals surface area contributed by atoms with E-state index in [-0.39, 0.29) is 12.6 Å². The summed E-state index contributed by atoms with van der Waals surface area (Å²) in [5.74, 6) is -1.01. The van der Waals surface area contributed by atoms with Crippen LogP contribution in [-0.2, 0) is 11.3 Å². The quantitative estimate of drug-likeness (QED) is 0.873. The molecule has 2 N–H and O–H groups in total. The van der Waals surface area contributed by atoms with E-state index in [2.05, 4.69) is 21.2 Å². The molecule has 2 amide bonds. The van der Waals surface area contributed by atoms with Gasteiger partial charge in [0.25, 0.3) is 0 Å². The van der Waals surface area contributed by atoms with Crippen LogP contribution in [0.2, 0.25) is 0 Å². The lowest BCUT2D eigenvalue weighted by molar-refractivity contribution is -0.137. The van der Waals surface area contributed by atoms with Gasteiger partial charge in [0.05, 0.1) is 6.54 Å². The Morgan fingerprint density at radius 2 is 2.29 bits per heavy atom. The SMILES string of the molecule is CCN(CC(=O)O)C(=O)NCc1sccc1Br. The predicted octanol–water partition coefficient (Wildman–Crippen LogP) is 2.13. The van der Waals surface area contributed by atoms with Crippen molar-refractivity contribution in [2.75, 3.05) is 13.1 Å². The van der Waals surface area contributed by atoms with Gasteiger partial charge in [0.1, 0.15) is 6.54 Å². The molecule has 0 aromatic carbocycles. The minimum atomic E-state index is -1.01. The number of carbonyl (C=O) groups is 2. The van der Waals surface area contributed by atoms with Crippen LogP contribution >= 0.6 is 27.3 Å². The van der Waals surface area contributed by atoms with Crippen LogP contribution in [-0.4, -0.2) is 35.1 Å². The van der Waals surface area contributed by atoms with E-state index in [0.717, 1.165) is 9.35 Å². The van der Waals surface area contributed by atoms with Crippen LogP contribution < -0.4 is 5.32 Å². The Morgan fingerprint density at radius 3 is 2.76 bits per heavy atom. The molecule has 7 heteroatoms. The largest absolute Gasteiger partial charge is 0.480 e. The number of thiophene rings is 1. The average Bonchev–Trinajstić information content (AvgIpc) is 2.68. The second-order valence-corrected chi connectivity index (χ2v) is 5.11. The summed E-state index contributed by atoms with van der Waals surface area (Å²) in [7, 11) is 0. The molecule has 0 fully saturated rings. The Balaban J connectivity index is 2.48. The van der Waals surface area contributed by atoms with Crippen molar-refractivity contribution >= 4 is 39.3 Å². The van der Waals surface area contributed by atoms with E-state index in [1.54, 1.807) is 6.92 Å². The Hall–Kier alpha value is -1.08. The number of amides is 2. The second-order valence-electron chi connectivity index (χ2n) is 3.26. The molecule has 0 unspecified atom stereocenters. The van der Waals surface area contributed by atoms with E-state index >= 15 is 0 Å². The van der Waals surface area contributed by atoms with Gasteiger partial charge in [-0.1, -0.05) is 0 Å². The van der Waals surface area contributed by atoms with Gasteiger partial charge in [-0.05, 0) is 34.3 Å². The number of halogens is 1. The summed E-state index contributed by atoms with van der Waals surface area (Å²) in [6.07, 6.45) is 0. The first-order chi connectivity index (χ1) is 8.04. The number of carboxylic acids is 1. The molecule has 94 valence electrons. The second kappa shape index (κ2) is 6.61. The first kappa shape index (κ1) is 14.0. The van der Waals surface area contributed by atoms with Crippen LogP contribution in [0.3, 0.4) is 0 Å². The van der Waals surface area contributed by atoms with Crippen molar-refractivity contribution in [1.82, 2.24) is 10.2 Å². The number of carboxylic acid groups (broad SMARTS) is 1. The molecule has 1 aromatic rings. The first-order valence-electron chi connectivity index (χ1n) is 5.01. The van der Waals surface area contributed by atoms with Gasteiger partial charge in [-0.15, -0.1) is 11.3 Å². The van der Waals surface area contributed by atoms with Crippen LogP contribution in [0.4, 0.5) is 4.79 Å². The highest BCUT2D eigenvalue weighted by molar-refractivity contribution is 9.10. The smallest absolute Gasteiger partial charge is 0.323 e. The van der Waals surface area contributed by atoms with E-state index in [0.29, 0.717) is 13.1 Å². The number of carbonyl (C=O) groups excluding carboxylic acids is 1. The van der Waals surface area contributed by atoms with Crippen molar-refractivity contribution in [3.05, 3.63) is 20.8 Å². The lowest BCUT2D eigenvalue weighted by Gasteiger charge is -2.18. The number of hydrogen-bond acceptors (Lipinski definition) is 3. The lowest BCUT2D eigenvalue weighted by atomic mass is 10.4. The summed E-state index contributed by atoms with van der Waals surface area (Å²) in [5.41, 5.74) is 0. The van der Waals surface area contributed by atoms with Crippen molar-refractivity contribution in [3.63, 3.8) is 0 Å². The molecule has 0 atom stereocenters. The molecule has 0 aliphatic heterocycles. The standard InChI is InChI=1S/C10H13BrN2O3S/c1-2-13(6-9(14)15)10(16)12-5-8-7(11)3-4-17-8/h3-4H,2,5-6H2,1H3,(H,12,16)(H,14,15). The Kier molecular flexibility index (Phi) is 5.43. The van der Waals surface area contributed by atoms with Gasteiger partial charge in [0.15, 0.2) is 0 Å². The molecule has 17 heavy (non-hydrogen) atoms. The number of rotatable bonds is 5. The van der Waals surface area contributed by atoms with Gasteiger partial charge < -0.3 is 15.3 Å². The summed E-state index contributed by atoms with van der Waals surface area (Å²) in [5, 5.41) is 13.2. The molecule has 0 aliphatic rings. The Bertz CT molecular complexity index is 408. The van der Waals surface area contributed by atoms with Gasteiger partial charge in [-0.3, -0.25) is 4.79 Å². The minimum Gasteiger partial charge on any atom is -0.480 e. The highest BCUT2D eigenvalue weighted by Gasteiger charge is 2.14. The van der Waals surface area contributed by atoms with Crippen LogP contribution in [0, 0.1) is 0 Å². The van der Waals surface area contributed by atoms with E-state index in [9.17, 15) is 9.59 Å². The van der Waals surface area contributed by atoms with Crippen LogP contribution in [0.15, 0.2) is 15.9 Å². The van der Waals surface area contributed by atoms with Crippen LogP contribution in [0.25, 0.3) is 0 Å². The van der Waals surface area contributed by atoms with Crippen LogP contribution in [0.1, 0.15) is 11.8 Å². The topological polar surface area (TPSA) is 69.6 Å². The molecule has 0 aliphatic carbocycles. The fraction of sp³-hybridized carbons (Fsp3) is 0.400. The zero-order chi connectivity index (χ0) is 12.8. The zero-order valence-electron chi connectivity index (χ0n) is 9.27. The third-order valence-electron chi connectivity index (χ3n) is 2.09. The number of nitrogens with one attached hydrogen (secondary N) is 1. The van der Waals surface area contributed by atoms with E-state index in [1.165, 1.54) is 16.2 Å². The summed E-state index contributed by atoms with van der Waals surface area (Å²) in [4.78, 5) is 24.4. The molecule has 0 saturated heterocycles. The third-order valence-corrected chi connectivity index (χ3v) is 4.01. The summed E-state index contributed by atoms with van der Waals surface area (Å²) in [6, 6.07) is 1.54. The highest BCUT2D eigenvalue weighted by atomic mass is 79.9. The fourth-order valence-electron chi connectivity index (χ4n) is 1.21. The average molecular weight is 321 g/mol. The molecule has 5 nitrogen and oxygen atoms in total. The predicted molar refractivity (Wildman–Crippen MR) is 69.1 cm³/mol. The van der Waals surface area contributed by atoms with E-state index in [1.807, 2.05) is 11.4 Å². The molecular formula is C10H13BrN2O3S. The van der Waals surface area contributed by atoms with E-state index in [4.69, 9.17) is 5.11 Å². The minimum absolute atomic E-state index is 0.284. The molecule has 0 bridgehead atoms. The van der Waals surface area contributed by atoms with Crippen molar-refractivity contribution in [2.45, 2.75) is 13.5 Å². The molecule has 0 spiro atoms. The third kappa shape index (κ3) is 4.35. The summed E-state index contributed by atoms with van der Waals surface area (Å²) < 4.78 is 0.948. The maximum Gasteiger partial charge on any atom is 0.323 e. The van der Waals surface area contributed by atoms with Crippen molar-refractivity contribution in [3.8, 4) is 0 Å². The molecule has 1 heterocycles.